The molecule has 4 fully saturated rings. The molecule has 3 unspecified atom stereocenters. The van der Waals surface area contributed by atoms with Crippen molar-refractivity contribution in [3.63, 3.8) is 0 Å². The average Bonchev–Trinajstić information content (AvgIpc) is 2.49. The van der Waals surface area contributed by atoms with Gasteiger partial charge in [0.2, 0.25) is 0 Å². The number of halogens is 1. The minimum Gasteiger partial charge on any atom is -0.376 e. The van der Waals surface area contributed by atoms with Crippen molar-refractivity contribution in [3.05, 3.63) is 33.4 Å². The van der Waals surface area contributed by atoms with Crippen LogP contribution in [0.5, 0.6) is 0 Å². The summed E-state index contributed by atoms with van der Waals surface area (Å²) in [6.45, 7) is 3.52. The largest absolute Gasteiger partial charge is 0.376 e. The number of piperidine rings is 3. The standard InChI is InChI=1S/C16H20INO/c17-13-3-1-11(2-4-13)14-7-10-19-16-12-5-8-18(9-6-12)15(14)16/h1-4,12,14-16H,5-10H2. The lowest BCUT2D eigenvalue weighted by molar-refractivity contribution is -0.143. The summed E-state index contributed by atoms with van der Waals surface area (Å²) in [5, 5.41) is 0. The zero-order valence-corrected chi connectivity index (χ0v) is 13.3. The molecule has 4 saturated heterocycles. The van der Waals surface area contributed by atoms with E-state index < -0.39 is 0 Å². The number of benzene rings is 1. The number of hydrogen-bond donors (Lipinski definition) is 0. The maximum absolute atomic E-state index is 6.15. The SMILES string of the molecule is Ic1ccc(C2CCOC3C4CCN(CC4)C23)cc1. The summed E-state index contributed by atoms with van der Waals surface area (Å²) >= 11 is 2.39. The van der Waals surface area contributed by atoms with Gasteiger partial charge in [-0.3, -0.25) is 4.90 Å². The van der Waals surface area contributed by atoms with Gasteiger partial charge >= 0.3 is 0 Å². The first-order chi connectivity index (χ1) is 9.33. The quantitative estimate of drug-likeness (QED) is 0.705. The molecule has 4 aliphatic heterocycles. The van der Waals surface area contributed by atoms with Crippen LogP contribution in [0.1, 0.15) is 30.7 Å². The highest BCUT2D eigenvalue weighted by atomic mass is 127. The molecule has 3 atom stereocenters. The molecule has 4 aliphatic rings. The molecule has 1 aromatic carbocycles. The predicted molar refractivity (Wildman–Crippen MR) is 84.3 cm³/mol. The van der Waals surface area contributed by atoms with E-state index in [1.807, 2.05) is 0 Å². The van der Waals surface area contributed by atoms with Gasteiger partial charge in [-0.05, 0) is 78.6 Å². The first-order valence-corrected chi connectivity index (χ1v) is 8.52. The summed E-state index contributed by atoms with van der Waals surface area (Å²) in [7, 11) is 0. The fourth-order valence-corrected chi connectivity index (χ4v) is 4.69. The lowest BCUT2D eigenvalue weighted by Crippen LogP contribution is -2.62. The monoisotopic (exact) mass is 369 g/mol. The zero-order valence-electron chi connectivity index (χ0n) is 11.1. The summed E-state index contributed by atoms with van der Waals surface area (Å²) < 4.78 is 7.48. The van der Waals surface area contributed by atoms with E-state index in [1.165, 1.54) is 41.5 Å². The second kappa shape index (κ2) is 5.01. The average molecular weight is 369 g/mol. The van der Waals surface area contributed by atoms with Gasteiger partial charge in [-0.1, -0.05) is 12.1 Å². The normalized spacial score (nSPS) is 41.0. The highest BCUT2D eigenvalue weighted by Gasteiger charge is 2.48. The molecule has 0 radical (unpaired) electrons. The molecule has 0 amide bonds. The summed E-state index contributed by atoms with van der Waals surface area (Å²) in [5.41, 5.74) is 1.52. The van der Waals surface area contributed by atoms with Gasteiger partial charge in [0.25, 0.3) is 0 Å². The van der Waals surface area contributed by atoms with E-state index in [4.69, 9.17) is 4.74 Å². The molecule has 4 heterocycles. The van der Waals surface area contributed by atoms with Crippen LogP contribution in [0.15, 0.2) is 24.3 Å². The van der Waals surface area contributed by atoms with Crippen LogP contribution in [-0.4, -0.2) is 36.7 Å². The van der Waals surface area contributed by atoms with E-state index in [1.54, 1.807) is 0 Å². The Labute approximate surface area is 128 Å². The fourth-order valence-electron chi connectivity index (χ4n) is 4.33. The van der Waals surface area contributed by atoms with Crippen LogP contribution < -0.4 is 0 Å². The van der Waals surface area contributed by atoms with E-state index in [0.717, 1.165) is 12.5 Å². The molecule has 1 aromatic rings. The lowest BCUT2D eigenvalue weighted by Gasteiger charge is -2.55. The number of fused-ring (bicyclic) bond motifs is 2. The van der Waals surface area contributed by atoms with Crippen LogP contribution in [-0.2, 0) is 4.74 Å². The third kappa shape index (κ3) is 2.14. The number of rotatable bonds is 1. The molecule has 0 saturated carbocycles. The van der Waals surface area contributed by atoms with Crippen LogP contribution in [0.2, 0.25) is 0 Å². The highest BCUT2D eigenvalue weighted by molar-refractivity contribution is 14.1. The smallest absolute Gasteiger partial charge is 0.0765 e. The number of nitrogens with zero attached hydrogens (tertiary/aromatic N) is 1. The maximum Gasteiger partial charge on any atom is 0.0765 e. The molecule has 2 nitrogen and oxygen atoms in total. The van der Waals surface area contributed by atoms with Gasteiger partial charge in [0.15, 0.2) is 0 Å². The molecular weight excluding hydrogens is 349 g/mol. The van der Waals surface area contributed by atoms with E-state index in [2.05, 4.69) is 51.8 Å². The van der Waals surface area contributed by atoms with Crippen molar-refractivity contribution < 1.29 is 4.74 Å². The Kier molecular flexibility index (Phi) is 3.32. The van der Waals surface area contributed by atoms with E-state index in [9.17, 15) is 0 Å². The zero-order chi connectivity index (χ0) is 12.8. The fraction of sp³-hybridized carbons (Fsp3) is 0.625. The van der Waals surface area contributed by atoms with Crippen molar-refractivity contribution in [3.8, 4) is 0 Å². The Balaban J connectivity index is 1.66. The first-order valence-electron chi connectivity index (χ1n) is 7.44. The molecule has 0 N–H and O–H groups in total. The van der Waals surface area contributed by atoms with Crippen LogP contribution in [0.3, 0.4) is 0 Å². The third-order valence-corrected chi connectivity index (χ3v) is 5.97. The van der Waals surface area contributed by atoms with Gasteiger partial charge in [-0.2, -0.15) is 0 Å². The van der Waals surface area contributed by atoms with Crippen LogP contribution >= 0.6 is 22.6 Å². The predicted octanol–water partition coefficient (Wildman–Crippen LogP) is 3.26. The van der Waals surface area contributed by atoms with Crippen LogP contribution in [0.25, 0.3) is 0 Å². The van der Waals surface area contributed by atoms with E-state index in [-0.39, 0.29) is 0 Å². The minimum absolute atomic E-state index is 0.500. The topological polar surface area (TPSA) is 12.5 Å². The van der Waals surface area contributed by atoms with Gasteiger partial charge < -0.3 is 4.74 Å². The van der Waals surface area contributed by atoms with Crippen LogP contribution in [0.4, 0.5) is 0 Å². The van der Waals surface area contributed by atoms with Crippen molar-refractivity contribution in [2.24, 2.45) is 5.92 Å². The number of ether oxygens (including phenoxy) is 1. The highest BCUT2D eigenvalue weighted by Crippen LogP contribution is 2.44. The Morgan fingerprint density at radius 2 is 1.79 bits per heavy atom. The molecule has 3 heteroatoms. The van der Waals surface area contributed by atoms with Gasteiger partial charge in [0.05, 0.1) is 6.10 Å². The molecule has 0 spiro atoms. The van der Waals surface area contributed by atoms with Crippen molar-refractivity contribution in [1.29, 1.82) is 0 Å². The molecule has 102 valence electrons. The van der Waals surface area contributed by atoms with E-state index >= 15 is 0 Å². The molecule has 0 aromatic heterocycles. The second-order valence-electron chi connectivity index (χ2n) is 6.15. The summed E-state index contributed by atoms with van der Waals surface area (Å²) in [6.07, 6.45) is 4.38. The van der Waals surface area contributed by atoms with Gasteiger partial charge in [-0.25, -0.2) is 0 Å². The lowest BCUT2D eigenvalue weighted by atomic mass is 9.72. The summed E-state index contributed by atoms with van der Waals surface area (Å²) in [5.74, 6) is 1.50. The van der Waals surface area contributed by atoms with Crippen molar-refractivity contribution in [2.45, 2.75) is 37.3 Å². The Morgan fingerprint density at radius 3 is 2.53 bits per heavy atom. The third-order valence-electron chi connectivity index (χ3n) is 5.25. The van der Waals surface area contributed by atoms with Gasteiger partial charge in [-0.15, -0.1) is 0 Å². The Hall–Kier alpha value is -0.130. The summed E-state index contributed by atoms with van der Waals surface area (Å²) in [6, 6.07) is 9.80. The molecule has 0 aliphatic carbocycles. The van der Waals surface area contributed by atoms with Gasteiger partial charge in [0.1, 0.15) is 0 Å². The van der Waals surface area contributed by atoms with Crippen LogP contribution in [0, 0.1) is 9.49 Å². The van der Waals surface area contributed by atoms with Crippen molar-refractivity contribution >= 4 is 22.6 Å². The van der Waals surface area contributed by atoms with E-state index in [0.29, 0.717) is 18.1 Å². The maximum atomic E-state index is 6.15. The Bertz CT molecular complexity index is 452. The number of hydrogen-bond acceptors (Lipinski definition) is 2. The molecule has 19 heavy (non-hydrogen) atoms. The summed E-state index contributed by atoms with van der Waals surface area (Å²) in [4.78, 5) is 2.70. The molecule has 5 rings (SSSR count). The molecular formula is C16H20INO. The molecule has 2 bridgehead atoms. The van der Waals surface area contributed by atoms with Crippen molar-refractivity contribution in [1.82, 2.24) is 4.90 Å². The first kappa shape index (κ1) is 12.6. The minimum atomic E-state index is 0.500. The van der Waals surface area contributed by atoms with Gasteiger partial charge in [0, 0.05) is 22.1 Å². The second-order valence-corrected chi connectivity index (χ2v) is 7.39. The van der Waals surface area contributed by atoms with Crippen molar-refractivity contribution in [2.75, 3.05) is 19.7 Å². The Morgan fingerprint density at radius 1 is 1.05 bits per heavy atom.